The first-order valence-electron chi connectivity index (χ1n) is 12.8. The van der Waals surface area contributed by atoms with E-state index in [-0.39, 0.29) is 0 Å². The zero-order valence-electron chi connectivity index (χ0n) is 21.7. The summed E-state index contributed by atoms with van der Waals surface area (Å²) in [4.78, 5) is 2.62. The van der Waals surface area contributed by atoms with Crippen LogP contribution in [0.25, 0.3) is 5.57 Å². The van der Waals surface area contributed by atoms with Gasteiger partial charge in [0.25, 0.3) is 0 Å². The van der Waals surface area contributed by atoms with Crippen molar-refractivity contribution < 1.29 is 14.2 Å². The molecule has 0 saturated carbocycles. The first-order chi connectivity index (χ1) is 16.5. The van der Waals surface area contributed by atoms with Crippen molar-refractivity contribution in [2.24, 2.45) is 5.92 Å². The highest BCUT2D eigenvalue weighted by Crippen LogP contribution is 2.35. The summed E-state index contributed by atoms with van der Waals surface area (Å²) in [6, 6.07) is 13.7. The molecule has 34 heavy (non-hydrogen) atoms. The number of hydrogen-bond acceptors (Lipinski definition) is 4. The molecule has 1 aliphatic heterocycles. The summed E-state index contributed by atoms with van der Waals surface area (Å²) in [6.07, 6.45) is 5.80. The Balaban J connectivity index is 1.43. The maximum atomic E-state index is 6.21. The number of nitrogens with zero attached hydrogens (tertiary/aromatic N) is 1. The first kappa shape index (κ1) is 24.8. The number of benzene rings is 2. The second kappa shape index (κ2) is 11.4. The van der Waals surface area contributed by atoms with E-state index in [1.54, 1.807) is 12.7 Å². The molecule has 4 heteroatoms. The molecule has 0 amide bonds. The predicted molar refractivity (Wildman–Crippen MR) is 140 cm³/mol. The Bertz CT molecular complexity index is 1010. The van der Waals surface area contributed by atoms with Crippen LogP contribution in [-0.4, -0.2) is 44.9 Å². The van der Waals surface area contributed by atoms with Crippen molar-refractivity contribution in [1.82, 2.24) is 4.90 Å². The van der Waals surface area contributed by atoms with E-state index in [4.69, 9.17) is 14.2 Å². The van der Waals surface area contributed by atoms with Crippen molar-refractivity contribution >= 4 is 5.57 Å². The summed E-state index contributed by atoms with van der Waals surface area (Å²) in [5.41, 5.74) is 8.19. The Kier molecular flexibility index (Phi) is 8.33. The van der Waals surface area contributed by atoms with E-state index < -0.39 is 0 Å². The summed E-state index contributed by atoms with van der Waals surface area (Å²) in [7, 11) is 3.55. The summed E-state index contributed by atoms with van der Waals surface area (Å²) < 4.78 is 17.3. The molecule has 4 nitrogen and oxygen atoms in total. The lowest BCUT2D eigenvalue weighted by atomic mass is 9.86. The van der Waals surface area contributed by atoms with Crippen LogP contribution >= 0.6 is 0 Å². The van der Waals surface area contributed by atoms with Crippen molar-refractivity contribution in [2.75, 3.05) is 33.9 Å². The minimum atomic E-state index is 0.514. The first-order valence-corrected chi connectivity index (χ1v) is 12.8. The number of ether oxygens (including phenoxy) is 3. The number of aryl methyl sites for hydroxylation is 1. The van der Waals surface area contributed by atoms with Gasteiger partial charge in [-0.1, -0.05) is 37.6 Å². The van der Waals surface area contributed by atoms with Crippen LogP contribution in [0.4, 0.5) is 0 Å². The molecule has 1 atom stereocenters. The normalized spacial score (nSPS) is 18.5. The highest BCUT2D eigenvalue weighted by molar-refractivity contribution is 5.72. The molecule has 0 radical (unpaired) electrons. The number of likely N-dealkylation sites (tertiary alicyclic amines) is 1. The molecule has 184 valence electrons. The number of rotatable bonds is 10. The summed E-state index contributed by atoms with van der Waals surface area (Å²) in [6.45, 7) is 10.4. The lowest BCUT2D eigenvalue weighted by Gasteiger charge is -2.29. The molecule has 1 saturated heterocycles. The fourth-order valence-corrected chi connectivity index (χ4v) is 5.49. The van der Waals surface area contributed by atoms with Crippen LogP contribution < -0.4 is 9.47 Å². The number of fused-ring (bicyclic) bond motifs is 1. The standard InChI is InChI=1S/C30H41NO3/c1-21(2)15-23-8-9-26(30(16-23)33-5)19-34-28-12-13-29-22(3)25(11-10-24(29)17-28)18-31-14-6-7-27(31)20-32-4/h8-9,12-13,16-17,21,27H,6-7,10-11,14-15,18-20H2,1-5H3/t27-/m1/s1. The third-order valence-corrected chi connectivity index (χ3v) is 7.35. The van der Waals surface area contributed by atoms with Crippen LogP contribution in [0.5, 0.6) is 11.5 Å². The van der Waals surface area contributed by atoms with E-state index >= 15 is 0 Å². The highest BCUT2D eigenvalue weighted by atomic mass is 16.5. The molecule has 2 aliphatic rings. The van der Waals surface area contributed by atoms with Crippen molar-refractivity contribution in [3.63, 3.8) is 0 Å². The van der Waals surface area contributed by atoms with Crippen molar-refractivity contribution in [2.45, 2.75) is 65.5 Å². The molecule has 0 bridgehead atoms. The fraction of sp³-hybridized carbons (Fsp3) is 0.533. The summed E-state index contributed by atoms with van der Waals surface area (Å²) >= 11 is 0. The molecule has 0 N–H and O–H groups in total. The van der Waals surface area contributed by atoms with Gasteiger partial charge >= 0.3 is 0 Å². The average Bonchev–Trinajstić information content (AvgIpc) is 3.26. The Hall–Kier alpha value is -2.30. The minimum absolute atomic E-state index is 0.514. The number of methoxy groups -OCH3 is 2. The Morgan fingerprint density at radius 3 is 2.68 bits per heavy atom. The van der Waals surface area contributed by atoms with Crippen LogP contribution in [0.15, 0.2) is 42.0 Å². The lowest BCUT2D eigenvalue weighted by molar-refractivity contribution is 0.120. The van der Waals surface area contributed by atoms with Gasteiger partial charge in [-0.2, -0.15) is 0 Å². The molecule has 0 unspecified atom stereocenters. The Morgan fingerprint density at radius 2 is 1.91 bits per heavy atom. The molecule has 2 aromatic carbocycles. The van der Waals surface area contributed by atoms with Gasteiger partial charge in [-0.15, -0.1) is 0 Å². The van der Waals surface area contributed by atoms with E-state index in [0.717, 1.165) is 49.5 Å². The molecular formula is C30H41NO3. The fourth-order valence-electron chi connectivity index (χ4n) is 5.49. The zero-order valence-corrected chi connectivity index (χ0v) is 21.7. The van der Waals surface area contributed by atoms with Gasteiger partial charge in [0.05, 0.1) is 13.7 Å². The molecule has 1 fully saturated rings. The van der Waals surface area contributed by atoms with Gasteiger partial charge in [-0.3, -0.25) is 4.90 Å². The van der Waals surface area contributed by atoms with E-state index in [2.05, 4.69) is 62.1 Å². The molecule has 0 aromatic heterocycles. The number of allylic oxidation sites excluding steroid dienone is 1. The van der Waals surface area contributed by atoms with Gasteiger partial charge in [0.15, 0.2) is 0 Å². The van der Waals surface area contributed by atoms with Crippen LogP contribution in [0.3, 0.4) is 0 Å². The molecular weight excluding hydrogens is 422 g/mol. The maximum absolute atomic E-state index is 6.21. The molecule has 1 heterocycles. The van der Waals surface area contributed by atoms with Crippen molar-refractivity contribution in [1.29, 1.82) is 0 Å². The van der Waals surface area contributed by atoms with Crippen LogP contribution in [0.2, 0.25) is 0 Å². The lowest BCUT2D eigenvalue weighted by Crippen LogP contribution is -2.35. The van der Waals surface area contributed by atoms with Gasteiger partial charge in [0.1, 0.15) is 18.1 Å². The maximum Gasteiger partial charge on any atom is 0.125 e. The Labute approximate surface area is 205 Å². The van der Waals surface area contributed by atoms with Gasteiger partial charge in [0, 0.05) is 25.3 Å². The van der Waals surface area contributed by atoms with Gasteiger partial charge < -0.3 is 14.2 Å². The molecule has 2 aromatic rings. The van der Waals surface area contributed by atoms with E-state index in [1.165, 1.54) is 41.6 Å². The van der Waals surface area contributed by atoms with Crippen LogP contribution in [0.1, 0.15) is 62.3 Å². The minimum Gasteiger partial charge on any atom is -0.496 e. The average molecular weight is 464 g/mol. The van der Waals surface area contributed by atoms with Gasteiger partial charge in [-0.05, 0) is 92.0 Å². The predicted octanol–water partition coefficient (Wildman–Crippen LogP) is 6.30. The molecule has 4 rings (SSSR count). The van der Waals surface area contributed by atoms with E-state index in [9.17, 15) is 0 Å². The van der Waals surface area contributed by atoms with E-state index in [0.29, 0.717) is 18.6 Å². The summed E-state index contributed by atoms with van der Waals surface area (Å²) in [5, 5.41) is 0. The Morgan fingerprint density at radius 1 is 1.06 bits per heavy atom. The van der Waals surface area contributed by atoms with Crippen LogP contribution in [-0.2, 0) is 24.2 Å². The van der Waals surface area contributed by atoms with E-state index in [1.807, 2.05) is 7.11 Å². The summed E-state index contributed by atoms with van der Waals surface area (Å²) in [5.74, 6) is 2.47. The quantitative estimate of drug-likeness (QED) is 0.413. The monoisotopic (exact) mass is 463 g/mol. The topological polar surface area (TPSA) is 30.9 Å². The molecule has 0 spiro atoms. The third-order valence-electron chi connectivity index (χ3n) is 7.35. The second-order valence-electron chi connectivity index (χ2n) is 10.3. The van der Waals surface area contributed by atoms with Gasteiger partial charge in [0.2, 0.25) is 0 Å². The van der Waals surface area contributed by atoms with Crippen molar-refractivity contribution in [3.05, 3.63) is 64.2 Å². The van der Waals surface area contributed by atoms with Gasteiger partial charge in [-0.25, -0.2) is 0 Å². The highest BCUT2D eigenvalue weighted by Gasteiger charge is 2.27. The number of hydrogen-bond donors (Lipinski definition) is 0. The SMILES string of the molecule is COC[C@H]1CCCN1CC1=C(C)c2ccc(OCc3ccc(CC(C)C)cc3OC)cc2CC1. The second-order valence-corrected chi connectivity index (χ2v) is 10.3. The largest absolute Gasteiger partial charge is 0.496 e. The smallest absolute Gasteiger partial charge is 0.125 e. The van der Waals surface area contributed by atoms with Crippen molar-refractivity contribution in [3.8, 4) is 11.5 Å². The third kappa shape index (κ3) is 5.84. The molecule has 1 aliphatic carbocycles. The zero-order chi connectivity index (χ0) is 24.1. The van der Waals surface area contributed by atoms with Crippen LogP contribution in [0, 0.1) is 5.92 Å².